The first-order valence-corrected chi connectivity index (χ1v) is 24.1. The number of hydrogen-bond donors (Lipinski definition) is 0. The fraction of sp³-hybridized carbons (Fsp3) is 0.0606. The van der Waals surface area contributed by atoms with Gasteiger partial charge in [-0.05, 0) is 116 Å². The first-order chi connectivity index (χ1) is 35.1. The average molecular weight is 1100 g/mol. The van der Waals surface area contributed by atoms with Gasteiger partial charge in [0.25, 0.3) is 0 Å². The Labute approximate surface area is 433 Å². The van der Waals surface area contributed by atoms with Gasteiger partial charge in [-0.2, -0.15) is 0 Å². The van der Waals surface area contributed by atoms with E-state index in [0.29, 0.717) is 5.71 Å². The fourth-order valence-corrected chi connectivity index (χ4v) is 9.55. The van der Waals surface area contributed by atoms with Crippen LogP contribution >= 0.6 is 0 Å². The van der Waals surface area contributed by atoms with Crippen LogP contribution in [-0.4, -0.2) is 19.9 Å². The third kappa shape index (κ3) is 9.84. The standard InChI is InChI=1S/C66H45N4O.Ir/c1-4-13-49(14-5-1)50-28-30-51(31-29-50)59-41-64(54-32-35-65-60(40-54)58-21-12-36-67-66(58)71-65)70-44-61(59)57-20-11-10-19-56(57)55-38-47(24-22-45-26-33-62(68-42-45)52-15-6-2-7-16-52)37-48(39-55)25-23-46-27-34-63(69-43-46)53-17-8-3-9-18-53;/h1-15,17,19-21,26-31,33-44H,22-25H2;/q-3;+3. The summed E-state index contributed by atoms with van der Waals surface area (Å²) in [5, 5.41) is 1.95. The Kier molecular flexibility index (Phi) is 13.4. The minimum absolute atomic E-state index is 0. The van der Waals surface area contributed by atoms with Gasteiger partial charge in [-0.1, -0.05) is 133 Å². The second kappa shape index (κ2) is 20.9. The van der Waals surface area contributed by atoms with Crippen LogP contribution in [0.3, 0.4) is 0 Å². The third-order valence-electron chi connectivity index (χ3n) is 13.3. The SMILES string of the molecule is [Ir+3].[c-]1ccccc1-c1ccc(CCc2cc(CCc3ccc(-c4[c-]cccc4)nc3)cc(-c3ccccc3-c3cnc(-c4[c-]cc5oc6ncccc6c5c4)cc3-c3ccc(-c4ccccc4)cc3)c2)cn1. The first kappa shape index (κ1) is 46.0. The molecule has 6 heteroatoms. The zero-order chi connectivity index (χ0) is 47.3. The molecule has 0 amide bonds. The van der Waals surface area contributed by atoms with Gasteiger partial charge in [0.2, 0.25) is 5.71 Å². The molecule has 72 heavy (non-hydrogen) atoms. The van der Waals surface area contributed by atoms with Crippen LogP contribution < -0.4 is 0 Å². The van der Waals surface area contributed by atoms with E-state index in [1.807, 2.05) is 85.3 Å². The maximum Gasteiger partial charge on any atom is 3.00 e. The van der Waals surface area contributed by atoms with Crippen LogP contribution in [0, 0.1) is 18.2 Å². The van der Waals surface area contributed by atoms with Crippen molar-refractivity contribution in [1.82, 2.24) is 19.9 Å². The number of pyridine rings is 4. The van der Waals surface area contributed by atoms with E-state index in [4.69, 9.17) is 19.4 Å². The summed E-state index contributed by atoms with van der Waals surface area (Å²) in [6.07, 6.45) is 11.3. The molecule has 0 saturated heterocycles. The molecule has 12 rings (SSSR count). The van der Waals surface area contributed by atoms with Crippen LogP contribution in [0.1, 0.15) is 22.3 Å². The predicted octanol–water partition coefficient (Wildman–Crippen LogP) is 15.8. The molecule has 0 spiro atoms. The summed E-state index contributed by atoms with van der Waals surface area (Å²) in [4.78, 5) is 19.3. The van der Waals surface area contributed by atoms with Gasteiger partial charge >= 0.3 is 20.1 Å². The normalized spacial score (nSPS) is 11.2. The Hall–Kier alpha value is -8.41. The Morgan fingerprint density at radius 2 is 0.958 bits per heavy atom. The van der Waals surface area contributed by atoms with Gasteiger partial charge in [0.05, 0.1) is 5.58 Å². The zero-order valence-electron chi connectivity index (χ0n) is 39.2. The minimum atomic E-state index is 0. The molecule has 0 bridgehead atoms. The number of hydrogen-bond acceptors (Lipinski definition) is 5. The van der Waals surface area contributed by atoms with Crippen LogP contribution in [0.15, 0.2) is 229 Å². The Bertz CT molecular complexity index is 3680. The molecular weight excluding hydrogens is 1060 g/mol. The van der Waals surface area contributed by atoms with Crippen molar-refractivity contribution in [2.24, 2.45) is 0 Å². The molecule has 0 fully saturated rings. The van der Waals surface area contributed by atoms with E-state index >= 15 is 0 Å². The molecule has 0 saturated carbocycles. The van der Waals surface area contributed by atoms with Crippen molar-refractivity contribution in [3.8, 4) is 78.3 Å². The summed E-state index contributed by atoms with van der Waals surface area (Å²) in [5.74, 6) is 0. The molecule has 5 nitrogen and oxygen atoms in total. The summed E-state index contributed by atoms with van der Waals surface area (Å²) >= 11 is 0. The monoisotopic (exact) mass is 1100 g/mol. The molecule has 0 aliphatic rings. The van der Waals surface area contributed by atoms with Gasteiger partial charge in [0.1, 0.15) is 0 Å². The van der Waals surface area contributed by atoms with Crippen molar-refractivity contribution in [3.63, 3.8) is 0 Å². The fourth-order valence-electron chi connectivity index (χ4n) is 9.55. The smallest absolute Gasteiger partial charge is 0.486 e. The van der Waals surface area contributed by atoms with Crippen molar-refractivity contribution in [2.45, 2.75) is 25.7 Å². The molecule has 0 radical (unpaired) electrons. The van der Waals surface area contributed by atoms with Gasteiger partial charge in [-0.3, -0.25) is 0 Å². The number of nitrogens with zero attached hydrogens (tertiary/aromatic N) is 4. The third-order valence-corrected chi connectivity index (χ3v) is 13.3. The molecule has 5 aromatic heterocycles. The van der Waals surface area contributed by atoms with E-state index in [1.165, 1.54) is 33.4 Å². The Morgan fingerprint density at radius 1 is 0.361 bits per heavy atom. The van der Waals surface area contributed by atoms with Crippen molar-refractivity contribution in [1.29, 1.82) is 0 Å². The second-order valence-corrected chi connectivity index (χ2v) is 17.9. The average Bonchev–Trinajstić information content (AvgIpc) is 3.83. The molecule has 0 N–H and O–H groups in total. The van der Waals surface area contributed by atoms with Gasteiger partial charge in [0, 0.05) is 35.7 Å². The molecule has 5 heterocycles. The van der Waals surface area contributed by atoms with Crippen molar-refractivity contribution >= 4 is 22.1 Å². The summed E-state index contributed by atoms with van der Waals surface area (Å²) < 4.78 is 6.08. The van der Waals surface area contributed by atoms with E-state index in [-0.39, 0.29) is 20.1 Å². The molecule has 0 aliphatic carbocycles. The number of aryl methyl sites for hydroxylation is 4. The van der Waals surface area contributed by atoms with E-state index in [0.717, 1.165) is 109 Å². The van der Waals surface area contributed by atoms with Crippen molar-refractivity contribution in [3.05, 3.63) is 265 Å². The number of benzene rings is 7. The van der Waals surface area contributed by atoms with E-state index in [9.17, 15) is 0 Å². The van der Waals surface area contributed by atoms with Crippen molar-refractivity contribution in [2.75, 3.05) is 0 Å². The summed E-state index contributed by atoms with van der Waals surface area (Å²) in [6, 6.07) is 80.2. The quantitative estimate of drug-likeness (QED) is 0.108. The van der Waals surface area contributed by atoms with Crippen LogP contribution in [0.5, 0.6) is 0 Å². The number of furan rings is 1. The summed E-state index contributed by atoms with van der Waals surface area (Å²) in [6.45, 7) is 0. The number of fused-ring (bicyclic) bond motifs is 3. The van der Waals surface area contributed by atoms with Crippen molar-refractivity contribution < 1.29 is 24.5 Å². The molecule has 0 atom stereocenters. The molecular formula is C66H45IrN4O. The maximum atomic E-state index is 6.08. The maximum absolute atomic E-state index is 6.08. The zero-order valence-corrected chi connectivity index (χ0v) is 41.6. The minimum Gasteiger partial charge on any atom is -0.486 e. The second-order valence-electron chi connectivity index (χ2n) is 17.9. The van der Waals surface area contributed by atoms with Crippen LogP contribution in [0.2, 0.25) is 0 Å². The molecule has 0 aliphatic heterocycles. The predicted molar refractivity (Wildman–Crippen MR) is 287 cm³/mol. The van der Waals surface area contributed by atoms with E-state index in [1.54, 1.807) is 6.20 Å². The van der Waals surface area contributed by atoms with E-state index in [2.05, 4.69) is 157 Å². The topological polar surface area (TPSA) is 64.7 Å². The van der Waals surface area contributed by atoms with Gasteiger partial charge < -0.3 is 19.4 Å². The van der Waals surface area contributed by atoms with Gasteiger partial charge in [0.15, 0.2) is 0 Å². The van der Waals surface area contributed by atoms with Crippen LogP contribution in [0.4, 0.5) is 0 Å². The van der Waals surface area contributed by atoms with Crippen LogP contribution in [0.25, 0.3) is 100 Å². The van der Waals surface area contributed by atoms with Gasteiger partial charge in [-0.25, -0.2) is 4.98 Å². The number of aromatic nitrogens is 4. The molecule has 7 aromatic carbocycles. The number of rotatable bonds is 13. The summed E-state index contributed by atoms with van der Waals surface area (Å²) in [5.41, 5.74) is 20.9. The largest absolute Gasteiger partial charge is 3.00 e. The molecule has 0 unspecified atom stereocenters. The Balaban J connectivity index is 0.00000560. The van der Waals surface area contributed by atoms with Gasteiger partial charge in [-0.15, -0.1) is 95.6 Å². The molecule has 12 aromatic rings. The van der Waals surface area contributed by atoms with Crippen LogP contribution in [-0.2, 0) is 45.8 Å². The summed E-state index contributed by atoms with van der Waals surface area (Å²) in [7, 11) is 0. The first-order valence-electron chi connectivity index (χ1n) is 24.1. The Morgan fingerprint density at radius 3 is 1.60 bits per heavy atom. The van der Waals surface area contributed by atoms with E-state index < -0.39 is 0 Å². The molecule has 344 valence electrons.